The summed E-state index contributed by atoms with van der Waals surface area (Å²) in [6.45, 7) is 2.42. The zero-order chi connectivity index (χ0) is 19.3. The molecular formula is C16H21BrN4O4S. The number of halogens is 1. The lowest BCUT2D eigenvalue weighted by Gasteiger charge is -2.18. The van der Waals surface area contributed by atoms with Crippen LogP contribution in [0.15, 0.2) is 43.5 Å². The van der Waals surface area contributed by atoms with Crippen molar-refractivity contribution in [3.05, 3.63) is 49.8 Å². The van der Waals surface area contributed by atoms with Gasteiger partial charge in [0.25, 0.3) is 15.6 Å². The largest absolute Gasteiger partial charge is 0.328 e. The summed E-state index contributed by atoms with van der Waals surface area (Å²) in [7, 11) is -2.86. The molecule has 2 rings (SSSR count). The predicted molar refractivity (Wildman–Crippen MR) is 103 cm³/mol. The first-order chi connectivity index (χ1) is 12.3. The summed E-state index contributed by atoms with van der Waals surface area (Å²) in [5.74, 6) is 0.152. The van der Waals surface area contributed by atoms with Crippen molar-refractivity contribution >= 4 is 31.8 Å². The number of sulfonamides is 1. The predicted octanol–water partition coefficient (Wildman–Crippen LogP) is 2.10. The maximum atomic E-state index is 12.8. The molecule has 0 aliphatic heterocycles. The Morgan fingerprint density at radius 1 is 1.23 bits per heavy atom. The molecule has 0 saturated carbocycles. The Balaban J connectivity index is 2.39. The molecule has 2 aromatic heterocycles. The minimum Gasteiger partial charge on any atom is -0.299 e. The van der Waals surface area contributed by atoms with Gasteiger partial charge in [0.15, 0.2) is 4.90 Å². The molecule has 0 unspecified atom stereocenters. The van der Waals surface area contributed by atoms with Crippen LogP contribution in [0.1, 0.15) is 32.6 Å². The molecule has 0 saturated heterocycles. The Bertz CT molecular complexity index is 984. The summed E-state index contributed by atoms with van der Waals surface area (Å²) >= 11 is 3.18. The third-order valence-corrected chi connectivity index (χ3v) is 6.09. The highest BCUT2D eigenvalue weighted by atomic mass is 79.9. The molecule has 0 amide bonds. The molecule has 10 heteroatoms. The lowest BCUT2D eigenvalue weighted by atomic mass is 10.2. The molecule has 0 fully saturated rings. The molecule has 0 aliphatic rings. The second-order valence-corrected chi connectivity index (χ2v) is 8.55. The standard InChI is InChI=1S/C16H21BrN4O4S/c1-3-4-5-6-10-21-11-12(15(22)19-16(21)23)26(24,25)20(2)14-9-7-8-13(17)18-14/h7-9,11H,3-6,10H2,1-2H3,(H,19,22,23). The summed E-state index contributed by atoms with van der Waals surface area (Å²) in [6.07, 6.45) is 4.83. The first-order valence-corrected chi connectivity index (χ1v) is 10.5. The molecule has 142 valence electrons. The smallest absolute Gasteiger partial charge is 0.299 e. The Kier molecular flexibility index (Phi) is 6.76. The van der Waals surface area contributed by atoms with E-state index in [1.165, 1.54) is 17.7 Å². The molecule has 26 heavy (non-hydrogen) atoms. The van der Waals surface area contributed by atoms with Gasteiger partial charge in [0.1, 0.15) is 10.4 Å². The first-order valence-electron chi connectivity index (χ1n) is 8.22. The van der Waals surface area contributed by atoms with E-state index in [1.54, 1.807) is 12.1 Å². The number of H-pyrrole nitrogens is 1. The number of rotatable bonds is 8. The highest BCUT2D eigenvalue weighted by Crippen LogP contribution is 2.19. The van der Waals surface area contributed by atoms with E-state index in [-0.39, 0.29) is 5.82 Å². The monoisotopic (exact) mass is 444 g/mol. The van der Waals surface area contributed by atoms with Crippen molar-refractivity contribution in [3.8, 4) is 0 Å². The van der Waals surface area contributed by atoms with E-state index in [4.69, 9.17) is 0 Å². The van der Waals surface area contributed by atoms with Gasteiger partial charge in [0.05, 0.1) is 0 Å². The number of nitrogens with zero attached hydrogens (tertiary/aromatic N) is 3. The van der Waals surface area contributed by atoms with Gasteiger partial charge in [0, 0.05) is 19.8 Å². The van der Waals surface area contributed by atoms with Gasteiger partial charge in [-0.2, -0.15) is 0 Å². The van der Waals surface area contributed by atoms with Crippen molar-refractivity contribution in [2.75, 3.05) is 11.4 Å². The van der Waals surface area contributed by atoms with Crippen LogP contribution in [0.5, 0.6) is 0 Å². The number of aryl methyl sites for hydroxylation is 1. The fraction of sp³-hybridized carbons (Fsp3) is 0.438. The lowest BCUT2D eigenvalue weighted by Crippen LogP contribution is -2.37. The van der Waals surface area contributed by atoms with E-state index in [1.807, 2.05) is 0 Å². The summed E-state index contributed by atoms with van der Waals surface area (Å²) in [5, 5.41) is 0. The van der Waals surface area contributed by atoms with Crippen LogP contribution in [-0.2, 0) is 16.6 Å². The number of unbranched alkanes of at least 4 members (excludes halogenated alkanes) is 3. The number of anilines is 1. The SMILES string of the molecule is CCCCCCn1cc(S(=O)(=O)N(C)c2cccc(Br)n2)c(=O)[nH]c1=O. The molecule has 0 aromatic carbocycles. The summed E-state index contributed by atoms with van der Waals surface area (Å²) in [6, 6.07) is 4.81. The number of nitrogens with one attached hydrogen (secondary N) is 1. The van der Waals surface area contributed by atoms with Crippen LogP contribution in [0.25, 0.3) is 0 Å². The van der Waals surface area contributed by atoms with E-state index in [0.29, 0.717) is 11.1 Å². The first kappa shape index (κ1) is 20.4. The van der Waals surface area contributed by atoms with E-state index < -0.39 is 26.2 Å². The normalized spacial score (nSPS) is 11.5. The number of hydrogen-bond acceptors (Lipinski definition) is 5. The summed E-state index contributed by atoms with van der Waals surface area (Å²) in [5.41, 5.74) is -1.56. The number of hydrogen-bond donors (Lipinski definition) is 1. The van der Waals surface area contributed by atoms with E-state index in [9.17, 15) is 18.0 Å². The molecule has 1 N–H and O–H groups in total. The molecule has 2 aromatic rings. The van der Waals surface area contributed by atoms with Crippen molar-refractivity contribution in [1.29, 1.82) is 0 Å². The third-order valence-electron chi connectivity index (χ3n) is 3.89. The molecule has 0 atom stereocenters. The fourth-order valence-corrected chi connectivity index (χ4v) is 3.91. The van der Waals surface area contributed by atoms with Gasteiger partial charge < -0.3 is 0 Å². The van der Waals surface area contributed by atoms with Crippen molar-refractivity contribution in [2.45, 2.75) is 44.0 Å². The molecule has 8 nitrogen and oxygen atoms in total. The van der Waals surface area contributed by atoms with Crippen molar-refractivity contribution in [3.63, 3.8) is 0 Å². The molecule has 2 heterocycles. The van der Waals surface area contributed by atoms with Crippen LogP contribution in [0.4, 0.5) is 5.82 Å². The van der Waals surface area contributed by atoms with Crippen LogP contribution >= 0.6 is 15.9 Å². The second-order valence-electron chi connectivity index (χ2n) is 5.80. The van der Waals surface area contributed by atoms with Crippen LogP contribution in [0.3, 0.4) is 0 Å². The van der Waals surface area contributed by atoms with E-state index in [2.05, 4.69) is 32.8 Å². The van der Waals surface area contributed by atoms with Crippen molar-refractivity contribution in [1.82, 2.24) is 14.5 Å². The van der Waals surface area contributed by atoms with Gasteiger partial charge in [-0.25, -0.2) is 18.2 Å². The Hall–Kier alpha value is -1.94. The maximum absolute atomic E-state index is 12.8. The second kappa shape index (κ2) is 8.63. The Morgan fingerprint density at radius 2 is 1.96 bits per heavy atom. The van der Waals surface area contributed by atoms with Gasteiger partial charge in [-0.15, -0.1) is 0 Å². The lowest BCUT2D eigenvalue weighted by molar-refractivity contribution is 0.548. The molecule has 0 bridgehead atoms. The zero-order valence-electron chi connectivity index (χ0n) is 14.6. The van der Waals surface area contributed by atoms with Crippen molar-refractivity contribution in [2.24, 2.45) is 0 Å². The summed E-state index contributed by atoms with van der Waals surface area (Å²) < 4.78 is 28.3. The van der Waals surface area contributed by atoms with Crippen molar-refractivity contribution < 1.29 is 8.42 Å². The maximum Gasteiger partial charge on any atom is 0.328 e. The Labute approximate surface area is 160 Å². The number of aromatic nitrogens is 3. The number of aromatic amines is 1. The molecular weight excluding hydrogens is 424 g/mol. The Morgan fingerprint density at radius 3 is 2.62 bits per heavy atom. The van der Waals surface area contributed by atoms with Gasteiger partial charge in [-0.05, 0) is 34.5 Å². The van der Waals surface area contributed by atoms with Gasteiger partial charge in [-0.3, -0.25) is 18.7 Å². The quantitative estimate of drug-likeness (QED) is 0.495. The topological polar surface area (TPSA) is 105 Å². The minimum absolute atomic E-state index is 0.152. The van der Waals surface area contributed by atoms with Crippen LogP contribution in [0, 0.1) is 0 Å². The molecule has 0 radical (unpaired) electrons. The average molecular weight is 445 g/mol. The third kappa shape index (κ3) is 4.61. The van der Waals surface area contributed by atoms with E-state index >= 15 is 0 Å². The van der Waals surface area contributed by atoms with Gasteiger partial charge in [0.2, 0.25) is 0 Å². The summed E-state index contributed by atoms with van der Waals surface area (Å²) in [4.78, 5) is 29.7. The molecule has 0 aliphatic carbocycles. The molecule has 0 spiro atoms. The minimum atomic E-state index is -4.17. The van der Waals surface area contributed by atoms with Crippen LogP contribution in [-0.4, -0.2) is 30.0 Å². The van der Waals surface area contributed by atoms with Crippen LogP contribution < -0.4 is 15.6 Å². The zero-order valence-corrected chi connectivity index (χ0v) is 17.0. The van der Waals surface area contributed by atoms with E-state index in [0.717, 1.165) is 36.2 Å². The number of pyridine rings is 1. The van der Waals surface area contributed by atoms with Gasteiger partial charge >= 0.3 is 5.69 Å². The van der Waals surface area contributed by atoms with Crippen LogP contribution in [0.2, 0.25) is 0 Å². The average Bonchev–Trinajstić information content (AvgIpc) is 2.59. The highest BCUT2D eigenvalue weighted by Gasteiger charge is 2.26. The highest BCUT2D eigenvalue weighted by molar-refractivity contribution is 9.10. The fourth-order valence-electron chi connectivity index (χ4n) is 2.39. The van der Waals surface area contributed by atoms with Gasteiger partial charge in [-0.1, -0.05) is 32.3 Å².